The number of hydrogen-bond donors (Lipinski definition) is 1. The number of fused-ring (bicyclic) bond motifs is 1. The maximum Gasteiger partial charge on any atom is 0.116 e. The molecule has 0 radical (unpaired) electrons. The smallest absolute Gasteiger partial charge is 0.116 e. The van der Waals surface area contributed by atoms with E-state index in [1.807, 2.05) is 12.1 Å². The first-order chi connectivity index (χ1) is 8.33. The summed E-state index contributed by atoms with van der Waals surface area (Å²) in [5.74, 6) is 1.10. The lowest BCUT2D eigenvalue weighted by Gasteiger charge is -2.22. The normalized spacial score (nSPS) is 17.4. The van der Waals surface area contributed by atoms with Crippen LogP contribution in [0.15, 0.2) is 36.4 Å². The molecule has 0 unspecified atom stereocenters. The molecule has 3 rings (SSSR count). The zero-order valence-electron chi connectivity index (χ0n) is 10.0. The Bertz CT molecular complexity index is 524. The minimum Gasteiger partial charge on any atom is -0.508 e. The average molecular weight is 226 g/mol. The molecular weight excluding hydrogens is 208 g/mol. The highest BCUT2D eigenvalue weighted by atomic mass is 16.3. The molecule has 1 heteroatoms. The van der Waals surface area contributed by atoms with E-state index in [0.717, 1.165) is 11.3 Å². The van der Waals surface area contributed by atoms with E-state index in [0.29, 0.717) is 5.75 Å². The van der Waals surface area contributed by atoms with Crippen molar-refractivity contribution in [3.8, 4) is 5.75 Å². The Balaban J connectivity index is 1.98. The second kappa shape index (κ2) is 4.40. The molecule has 0 aromatic heterocycles. The predicted octanol–water partition coefficient (Wildman–Crippen LogP) is 4.59. The highest BCUT2D eigenvalue weighted by molar-refractivity contribution is 5.84. The Kier molecular flexibility index (Phi) is 2.76. The van der Waals surface area contributed by atoms with Crippen molar-refractivity contribution in [2.75, 3.05) is 0 Å². The van der Waals surface area contributed by atoms with Crippen molar-refractivity contribution in [3.63, 3.8) is 0 Å². The van der Waals surface area contributed by atoms with Crippen molar-refractivity contribution in [2.45, 2.75) is 38.0 Å². The quantitative estimate of drug-likeness (QED) is 0.753. The van der Waals surface area contributed by atoms with Crippen LogP contribution in [-0.4, -0.2) is 5.11 Å². The van der Waals surface area contributed by atoms with E-state index in [-0.39, 0.29) is 0 Å². The second-order valence-electron chi connectivity index (χ2n) is 5.13. The Morgan fingerprint density at radius 2 is 1.53 bits per heavy atom. The van der Waals surface area contributed by atoms with Gasteiger partial charge in [-0.1, -0.05) is 43.5 Å². The van der Waals surface area contributed by atoms with Crippen LogP contribution in [0.5, 0.6) is 5.75 Å². The second-order valence-corrected chi connectivity index (χ2v) is 5.13. The summed E-state index contributed by atoms with van der Waals surface area (Å²) in [5, 5.41) is 11.8. The van der Waals surface area contributed by atoms with E-state index >= 15 is 0 Å². The van der Waals surface area contributed by atoms with Crippen LogP contribution < -0.4 is 0 Å². The number of aromatic hydroxyl groups is 1. The van der Waals surface area contributed by atoms with E-state index in [9.17, 15) is 5.11 Å². The molecule has 1 nitrogen and oxygen atoms in total. The molecule has 0 saturated heterocycles. The lowest BCUT2D eigenvalue weighted by atomic mass is 9.83. The standard InChI is InChI=1S/C16H18O/c17-16-9-8-14-10-13(6-7-15(14)11-16)12-4-2-1-3-5-12/h6-12,17H,1-5H2. The van der Waals surface area contributed by atoms with Crippen LogP contribution in [0.25, 0.3) is 10.8 Å². The van der Waals surface area contributed by atoms with Crippen LogP contribution in [0.3, 0.4) is 0 Å². The van der Waals surface area contributed by atoms with Gasteiger partial charge < -0.3 is 5.11 Å². The molecule has 0 heterocycles. The molecule has 88 valence electrons. The molecule has 0 amide bonds. The third-order valence-corrected chi connectivity index (χ3v) is 3.92. The van der Waals surface area contributed by atoms with Gasteiger partial charge in [-0.25, -0.2) is 0 Å². The van der Waals surface area contributed by atoms with E-state index < -0.39 is 0 Å². The van der Waals surface area contributed by atoms with Gasteiger partial charge >= 0.3 is 0 Å². The lowest BCUT2D eigenvalue weighted by Crippen LogP contribution is -2.04. The van der Waals surface area contributed by atoms with E-state index in [2.05, 4.69) is 18.2 Å². The van der Waals surface area contributed by atoms with E-state index in [1.165, 1.54) is 43.1 Å². The summed E-state index contributed by atoms with van der Waals surface area (Å²) < 4.78 is 0. The summed E-state index contributed by atoms with van der Waals surface area (Å²) in [5.41, 5.74) is 1.47. The highest BCUT2D eigenvalue weighted by Gasteiger charge is 2.15. The first-order valence-electron chi connectivity index (χ1n) is 6.55. The van der Waals surface area contributed by atoms with Crippen molar-refractivity contribution >= 4 is 10.8 Å². The number of hydrogen-bond acceptors (Lipinski definition) is 1. The van der Waals surface area contributed by atoms with Gasteiger partial charge in [0.25, 0.3) is 0 Å². The number of phenols is 1. The van der Waals surface area contributed by atoms with E-state index in [4.69, 9.17) is 0 Å². The van der Waals surface area contributed by atoms with Crippen molar-refractivity contribution < 1.29 is 5.11 Å². The minimum atomic E-state index is 0.350. The Labute approximate surface area is 102 Å². The zero-order chi connectivity index (χ0) is 11.7. The first-order valence-corrected chi connectivity index (χ1v) is 6.55. The maximum atomic E-state index is 9.45. The molecule has 1 fully saturated rings. The summed E-state index contributed by atoms with van der Waals surface area (Å²) in [6, 6.07) is 12.3. The Morgan fingerprint density at radius 1 is 0.824 bits per heavy atom. The summed E-state index contributed by atoms with van der Waals surface area (Å²) in [4.78, 5) is 0. The molecule has 1 aliphatic carbocycles. The SMILES string of the molecule is Oc1ccc2cc(C3CCCCC3)ccc2c1. The molecule has 17 heavy (non-hydrogen) atoms. The number of benzene rings is 2. The van der Waals surface area contributed by atoms with Crippen LogP contribution in [-0.2, 0) is 0 Å². The Morgan fingerprint density at radius 3 is 2.35 bits per heavy atom. The first kappa shape index (κ1) is 10.6. The molecule has 0 bridgehead atoms. The Hall–Kier alpha value is -1.50. The third kappa shape index (κ3) is 2.14. The van der Waals surface area contributed by atoms with Gasteiger partial charge in [0.15, 0.2) is 0 Å². The molecule has 0 spiro atoms. The highest BCUT2D eigenvalue weighted by Crippen LogP contribution is 2.34. The van der Waals surface area contributed by atoms with Gasteiger partial charge in [0, 0.05) is 0 Å². The van der Waals surface area contributed by atoms with Crippen LogP contribution in [0.4, 0.5) is 0 Å². The van der Waals surface area contributed by atoms with Crippen LogP contribution >= 0.6 is 0 Å². The molecule has 2 aromatic rings. The molecule has 1 N–H and O–H groups in total. The van der Waals surface area contributed by atoms with E-state index in [1.54, 1.807) is 6.07 Å². The van der Waals surface area contributed by atoms with Gasteiger partial charge in [-0.15, -0.1) is 0 Å². The topological polar surface area (TPSA) is 20.2 Å². The third-order valence-electron chi connectivity index (χ3n) is 3.92. The summed E-state index contributed by atoms with van der Waals surface area (Å²) in [6.07, 6.45) is 6.82. The molecule has 0 atom stereocenters. The molecule has 2 aromatic carbocycles. The van der Waals surface area contributed by atoms with Gasteiger partial charge in [0.1, 0.15) is 5.75 Å². The maximum absolute atomic E-state index is 9.45. The fourth-order valence-corrected chi connectivity index (χ4v) is 2.94. The predicted molar refractivity (Wildman–Crippen MR) is 71.4 cm³/mol. The fraction of sp³-hybridized carbons (Fsp3) is 0.375. The zero-order valence-corrected chi connectivity index (χ0v) is 10.0. The summed E-state index contributed by atoms with van der Waals surface area (Å²) in [6.45, 7) is 0. The number of phenolic OH excluding ortho intramolecular Hbond substituents is 1. The fourth-order valence-electron chi connectivity index (χ4n) is 2.94. The van der Waals surface area contributed by atoms with Gasteiger partial charge in [0.05, 0.1) is 0 Å². The molecule has 1 aliphatic rings. The van der Waals surface area contributed by atoms with Gasteiger partial charge in [-0.2, -0.15) is 0 Å². The van der Waals surface area contributed by atoms with Crippen LogP contribution in [0.1, 0.15) is 43.6 Å². The molecular formula is C16H18O. The van der Waals surface area contributed by atoms with Crippen molar-refractivity contribution in [2.24, 2.45) is 0 Å². The number of rotatable bonds is 1. The van der Waals surface area contributed by atoms with Gasteiger partial charge in [0.2, 0.25) is 0 Å². The van der Waals surface area contributed by atoms with Crippen LogP contribution in [0, 0.1) is 0 Å². The average Bonchev–Trinajstić information content (AvgIpc) is 2.39. The molecule has 0 aliphatic heterocycles. The largest absolute Gasteiger partial charge is 0.508 e. The van der Waals surface area contributed by atoms with Crippen molar-refractivity contribution in [3.05, 3.63) is 42.0 Å². The molecule has 1 saturated carbocycles. The minimum absolute atomic E-state index is 0.350. The summed E-state index contributed by atoms with van der Waals surface area (Å²) in [7, 11) is 0. The van der Waals surface area contributed by atoms with Crippen LogP contribution in [0.2, 0.25) is 0 Å². The summed E-state index contributed by atoms with van der Waals surface area (Å²) >= 11 is 0. The van der Waals surface area contributed by atoms with Gasteiger partial charge in [-0.05, 0) is 47.2 Å². The monoisotopic (exact) mass is 226 g/mol. The van der Waals surface area contributed by atoms with Crippen molar-refractivity contribution in [1.29, 1.82) is 0 Å². The van der Waals surface area contributed by atoms with Crippen molar-refractivity contribution in [1.82, 2.24) is 0 Å². The lowest BCUT2D eigenvalue weighted by molar-refractivity contribution is 0.444. The van der Waals surface area contributed by atoms with Gasteiger partial charge in [-0.3, -0.25) is 0 Å².